The van der Waals surface area contributed by atoms with Crippen molar-refractivity contribution in [3.63, 3.8) is 0 Å². The summed E-state index contributed by atoms with van der Waals surface area (Å²) in [4.78, 5) is 14.9. The summed E-state index contributed by atoms with van der Waals surface area (Å²) in [5, 5.41) is 8.84. The maximum absolute atomic E-state index is 10.9. The average Bonchev–Trinajstić information content (AvgIpc) is 2.57. The minimum Gasteiger partial charge on any atom is -0.399 e. The molecule has 2 heterocycles. The lowest BCUT2D eigenvalue weighted by molar-refractivity contribution is 0.00578. The molecule has 0 radical (unpaired) electrons. The molecule has 0 atom stereocenters. The summed E-state index contributed by atoms with van der Waals surface area (Å²) in [6, 6.07) is 3.46. The highest BCUT2D eigenvalue weighted by Crippen LogP contribution is 2.36. The second-order valence-corrected chi connectivity index (χ2v) is 5.52. The van der Waals surface area contributed by atoms with Crippen molar-refractivity contribution < 1.29 is 14.1 Å². The van der Waals surface area contributed by atoms with E-state index in [2.05, 4.69) is 4.98 Å². The molecule has 1 fully saturated rings. The van der Waals surface area contributed by atoms with Gasteiger partial charge in [-0.15, -0.1) is 0 Å². The van der Waals surface area contributed by atoms with Crippen molar-refractivity contribution in [1.29, 1.82) is 5.26 Å². The van der Waals surface area contributed by atoms with Gasteiger partial charge in [-0.3, -0.25) is 4.79 Å². The number of rotatable bonds is 2. The van der Waals surface area contributed by atoms with E-state index in [-0.39, 0.29) is 11.3 Å². The molecule has 0 N–H and O–H groups in total. The molecule has 0 aliphatic carbocycles. The Balaban J connectivity index is 2.36. The maximum atomic E-state index is 10.9. The van der Waals surface area contributed by atoms with E-state index in [1.54, 1.807) is 6.07 Å². The van der Waals surface area contributed by atoms with Gasteiger partial charge in [-0.25, -0.2) is 4.98 Å². The van der Waals surface area contributed by atoms with Crippen LogP contribution in [0.15, 0.2) is 12.3 Å². The normalized spacial score (nSPS) is 20.1. The molecule has 0 spiro atoms. The number of nitriles is 1. The van der Waals surface area contributed by atoms with E-state index in [9.17, 15) is 4.79 Å². The van der Waals surface area contributed by atoms with Gasteiger partial charge in [-0.1, -0.05) is 0 Å². The van der Waals surface area contributed by atoms with Gasteiger partial charge in [0.1, 0.15) is 6.07 Å². The van der Waals surface area contributed by atoms with Gasteiger partial charge in [0.05, 0.1) is 16.8 Å². The van der Waals surface area contributed by atoms with E-state index in [1.807, 2.05) is 33.8 Å². The van der Waals surface area contributed by atoms with Crippen molar-refractivity contribution in [2.24, 2.45) is 0 Å². The number of hydrogen-bond donors (Lipinski definition) is 0. The maximum Gasteiger partial charge on any atom is 0.496 e. The summed E-state index contributed by atoms with van der Waals surface area (Å²) in [5.74, 6) is 0. The number of carbonyl (C=O) groups excluding carboxylic acids is 1. The number of aldehydes is 1. The van der Waals surface area contributed by atoms with Crippen molar-refractivity contribution in [2.75, 3.05) is 0 Å². The highest BCUT2D eigenvalue weighted by atomic mass is 16.7. The predicted octanol–water partition coefficient (Wildman–Crippen LogP) is 1.06. The Kier molecular flexibility index (Phi) is 3.21. The Labute approximate surface area is 112 Å². The zero-order chi connectivity index (χ0) is 14.3. The molecule has 0 bridgehead atoms. The Morgan fingerprint density at radius 3 is 2.37 bits per heavy atom. The van der Waals surface area contributed by atoms with Crippen molar-refractivity contribution in [3.05, 3.63) is 23.5 Å². The predicted molar refractivity (Wildman–Crippen MR) is 70.1 cm³/mol. The molecular formula is C13H15BN2O3. The SMILES string of the molecule is CC1(C)OB(c2cnc(C#N)c(C=O)c2)OC1(C)C. The van der Waals surface area contributed by atoms with Crippen LogP contribution in [0.4, 0.5) is 0 Å². The molecule has 0 unspecified atom stereocenters. The first-order valence-electron chi connectivity index (χ1n) is 6.01. The highest BCUT2D eigenvalue weighted by Gasteiger charge is 2.51. The molecule has 1 aliphatic heterocycles. The van der Waals surface area contributed by atoms with Crippen LogP contribution in [0.2, 0.25) is 0 Å². The number of pyridine rings is 1. The third kappa shape index (κ3) is 2.27. The zero-order valence-corrected chi connectivity index (χ0v) is 11.4. The van der Waals surface area contributed by atoms with Crippen LogP contribution in [0, 0.1) is 11.3 Å². The molecule has 19 heavy (non-hydrogen) atoms. The fraction of sp³-hybridized carbons (Fsp3) is 0.462. The van der Waals surface area contributed by atoms with Gasteiger partial charge in [-0.05, 0) is 33.8 Å². The molecule has 0 amide bonds. The van der Waals surface area contributed by atoms with Crippen LogP contribution in [0.1, 0.15) is 43.7 Å². The lowest BCUT2D eigenvalue weighted by atomic mass is 9.79. The topological polar surface area (TPSA) is 72.2 Å². The molecule has 1 aliphatic rings. The van der Waals surface area contributed by atoms with Gasteiger partial charge in [0, 0.05) is 11.7 Å². The van der Waals surface area contributed by atoms with E-state index in [1.165, 1.54) is 6.20 Å². The van der Waals surface area contributed by atoms with E-state index >= 15 is 0 Å². The third-order valence-corrected chi connectivity index (χ3v) is 3.70. The Morgan fingerprint density at radius 2 is 1.89 bits per heavy atom. The second-order valence-electron chi connectivity index (χ2n) is 5.52. The Morgan fingerprint density at radius 1 is 1.32 bits per heavy atom. The average molecular weight is 258 g/mol. The smallest absolute Gasteiger partial charge is 0.399 e. The minimum atomic E-state index is -0.580. The monoisotopic (exact) mass is 258 g/mol. The van der Waals surface area contributed by atoms with Crippen LogP contribution in [-0.4, -0.2) is 29.6 Å². The van der Waals surface area contributed by atoms with Gasteiger partial charge < -0.3 is 9.31 Å². The zero-order valence-electron chi connectivity index (χ0n) is 11.4. The molecular weight excluding hydrogens is 243 g/mol. The minimum absolute atomic E-state index is 0.107. The summed E-state index contributed by atoms with van der Waals surface area (Å²) in [6.45, 7) is 7.80. The highest BCUT2D eigenvalue weighted by molar-refractivity contribution is 6.62. The molecule has 5 nitrogen and oxygen atoms in total. The van der Waals surface area contributed by atoms with E-state index in [0.717, 1.165) is 0 Å². The number of carbonyl (C=O) groups is 1. The summed E-state index contributed by atoms with van der Waals surface area (Å²) < 4.78 is 11.7. The molecule has 2 rings (SSSR count). The van der Waals surface area contributed by atoms with Crippen molar-refractivity contribution in [3.8, 4) is 6.07 Å². The van der Waals surface area contributed by atoms with Crippen LogP contribution in [0.5, 0.6) is 0 Å². The van der Waals surface area contributed by atoms with E-state index in [0.29, 0.717) is 11.7 Å². The van der Waals surface area contributed by atoms with Crippen molar-refractivity contribution in [2.45, 2.75) is 38.9 Å². The Bertz CT molecular complexity index is 547. The van der Waals surface area contributed by atoms with Crippen LogP contribution >= 0.6 is 0 Å². The summed E-state index contributed by atoms with van der Waals surface area (Å²) in [7, 11) is -0.580. The summed E-state index contributed by atoms with van der Waals surface area (Å²) in [5.41, 5.74) is 0.0875. The number of hydrogen-bond acceptors (Lipinski definition) is 5. The first-order chi connectivity index (χ1) is 8.80. The number of aromatic nitrogens is 1. The fourth-order valence-corrected chi connectivity index (χ4v) is 1.79. The van der Waals surface area contributed by atoms with Crippen LogP contribution < -0.4 is 5.46 Å². The van der Waals surface area contributed by atoms with Crippen molar-refractivity contribution >= 4 is 18.9 Å². The molecule has 98 valence electrons. The van der Waals surface area contributed by atoms with Crippen LogP contribution in [0.3, 0.4) is 0 Å². The first-order valence-corrected chi connectivity index (χ1v) is 6.01. The molecule has 1 saturated heterocycles. The summed E-state index contributed by atoms with van der Waals surface area (Å²) >= 11 is 0. The lowest BCUT2D eigenvalue weighted by Gasteiger charge is -2.32. The molecule has 0 saturated carbocycles. The van der Waals surface area contributed by atoms with Gasteiger partial charge in [0.15, 0.2) is 12.0 Å². The number of nitrogens with zero attached hydrogens (tertiary/aromatic N) is 2. The van der Waals surface area contributed by atoms with Crippen molar-refractivity contribution in [1.82, 2.24) is 4.98 Å². The van der Waals surface area contributed by atoms with Crippen LogP contribution in [0.25, 0.3) is 0 Å². The molecule has 6 heteroatoms. The van der Waals surface area contributed by atoms with E-state index in [4.69, 9.17) is 14.6 Å². The fourth-order valence-electron chi connectivity index (χ4n) is 1.79. The summed E-state index contributed by atoms with van der Waals surface area (Å²) in [6.07, 6.45) is 2.12. The largest absolute Gasteiger partial charge is 0.496 e. The molecule has 1 aromatic heterocycles. The van der Waals surface area contributed by atoms with Gasteiger partial charge in [-0.2, -0.15) is 5.26 Å². The second kappa shape index (κ2) is 4.44. The molecule has 0 aromatic carbocycles. The van der Waals surface area contributed by atoms with E-state index < -0.39 is 18.3 Å². The standard InChI is InChI=1S/C13H15BN2O3/c1-12(2)13(3,4)19-14(18-12)10-5-9(8-17)11(6-15)16-7-10/h5,7-8H,1-4H3. The van der Waals surface area contributed by atoms with Gasteiger partial charge in [0.2, 0.25) is 0 Å². The third-order valence-electron chi connectivity index (χ3n) is 3.70. The first kappa shape index (κ1) is 13.7. The molecule has 1 aromatic rings. The van der Waals surface area contributed by atoms with Gasteiger partial charge in [0.25, 0.3) is 0 Å². The lowest BCUT2D eigenvalue weighted by Crippen LogP contribution is -2.41. The van der Waals surface area contributed by atoms with Gasteiger partial charge >= 0.3 is 7.12 Å². The van der Waals surface area contributed by atoms with Crippen LogP contribution in [-0.2, 0) is 9.31 Å². The quantitative estimate of drug-likeness (QED) is 0.586. The Hall–Kier alpha value is -1.71.